The Kier molecular flexibility index (Phi) is 5.76. The quantitative estimate of drug-likeness (QED) is 0.885. The molecule has 2 N–H and O–H groups in total. The van der Waals surface area contributed by atoms with E-state index >= 15 is 0 Å². The van der Waals surface area contributed by atoms with Crippen LogP contribution in [0.1, 0.15) is 26.7 Å². The van der Waals surface area contributed by atoms with Crippen LogP contribution in [0.25, 0.3) is 0 Å². The molecule has 1 amide bonds. The summed E-state index contributed by atoms with van der Waals surface area (Å²) in [4.78, 5) is 12.5. The lowest BCUT2D eigenvalue weighted by Crippen LogP contribution is -2.51. The van der Waals surface area contributed by atoms with Crippen molar-refractivity contribution in [1.82, 2.24) is 10.6 Å². The Balaban J connectivity index is 0.00000192. The largest absolute Gasteiger partial charge is 0.482 e. The molecule has 1 saturated heterocycles. The van der Waals surface area contributed by atoms with E-state index in [1.54, 1.807) is 0 Å². The second kappa shape index (κ2) is 7.41. The van der Waals surface area contributed by atoms with Crippen LogP contribution in [-0.2, 0) is 4.79 Å². The third kappa shape index (κ3) is 4.09. The predicted molar refractivity (Wildman–Crippen MR) is 91.4 cm³/mol. The monoisotopic (exact) mass is 340 g/mol. The first kappa shape index (κ1) is 17.9. The number of halogens is 1. The molecule has 3 rings (SSSR count). The molecular formula is C17H25ClN2O3. The van der Waals surface area contributed by atoms with Crippen molar-refractivity contribution in [2.45, 2.75) is 38.9 Å². The Morgan fingerprint density at radius 3 is 2.52 bits per heavy atom. The molecule has 128 valence electrons. The highest BCUT2D eigenvalue weighted by atomic mass is 35.5. The second-order valence-corrected chi connectivity index (χ2v) is 6.59. The summed E-state index contributed by atoms with van der Waals surface area (Å²) in [6.45, 7) is 6.80. The van der Waals surface area contributed by atoms with Gasteiger partial charge < -0.3 is 20.1 Å². The van der Waals surface area contributed by atoms with E-state index in [0.717, 1.165) is 25.9 Å². The lowest BCUT2D eigenvalue weighted by Gasteiger charge is -2.35. The number of fused-ring (bicyclic) bond motifs is 1. The van der Waals surface area contributed by atoms with Gasteiger partial charge in [0.25, 0.3) is 5.91 Å². The molecule has 2 heterocycles. The van der Waals surface area contributed by atoms with E-state index < -0.39 is 6.10 Å². The molecule has 2 atom stereocenters. The number of amides is 1. The SMILES string of the molecule is CC1Oc2ccccc2OC1C(=O)NCC1(C)CCNCC1.Cl. The normalized spacial score (nSPS) is 25.1. The molecule has 0 aromatic heterocycles. The standard InChI is InChI=1S/C17H24N2O3.ClH/c1-12-15(22-14-6-4-3-5-13(14)21-12)16(20)19-11-17(2)7-9-18-10-8-17;/h3-6,12,15,18H,7-11H2,1-2H3,(H,19,20);1H. The molecule has 0 saturated carbocycles. The topological polar surface area (TPSA) is 59.6 Å². The smallest absolute Gasteiger partial charge is 0.265 e. The fourth-order valence-electron chi connectivity index (χ4n) is 3.01. The number of nitrogens with one attached hydrogen (secondary N) is 2. The van der Waals surface area contributed by atoms with Gasteiger partial charge in [-0.15, -0.1) is 12.4 Å². The van der Waals surface area contributed by atoms with E-state index in [1.165, 1.54) is 0 Å². The second-order valence-electron chi connectivity index (χ2n) is 6.59. The Labute approximate surface area is 143 Å². The summed E-state index contributed by atoms with van der Waals surface area (Å²) in [6, 6.07) is 7.46. The number of carbonyl (C=O) groups is 1. The van der Waals surface area contributed by atoms with Crippen LogP contribution in [0, 0.1) is 5.41 Å². The molecule has 0 spiro atoms. The van der Waals surface area contributed by atoms with Crippen LogP contribution in [0.3, 0.4) is 0 Å². The van der Waals surface area contributed by atoms with E-state index in [0.29, 0.717) is 18.0 Å². The van der Waals surface area contributed by atoms with Crippen molar-refractivity contribution in [2.75, 3.05) is 19.6 Å². The Hall–Kier alpha value is -1.46. The van der Waals surface area contributed by atoms with E-state index in [9.17, 15) is 4.79 Å². The molecule has 1 fully saturated rings. The molecule has 0 aliphatic carbocycles. The summed E-state index contributed by atoms with van der Waals surface area (Å²) in [5, 5.41) is 6.40. The summed E-state index contributed by atoms with van der Waals surface area (Å²) in [6.07, 6.45) is 1.26. The Morgan fingerprint density at radius 2 is 1.87 bits per heavy atom. The van der Waals surface area contributed by atoms with Crippen LogP contribution in [0.15, 0.2) is 24.3 Å². The van der Waals surface area contributed by atoms with Gasteiger partial charge in [0.2, 0.25) is 6.10 Å². The van der Waals surface area contributed by atoms with E-state index in [1.807, 2.05) is 31.2 Å². The minimum Gasteiger partial charge on any atom is -0.482 e. The van der Waals surface area contributed by atoms with Crippen molar-refractivity contribution in [2.24, 2.45) is 5.41 Å². The van der Waals surface area contributed by atoms with Gasteiger partial charge in [0.1, 0.15) is 6.10 Å². The van der Waals surface area contributed by atoms with Crippen molar-refractivity contribution < 1.29 is 14.3 Å². The van der Waals surface area contributed by atoms with E-state index in [4.69, 9.17) is 9.47 Å². The molecule has 0 radical (unpaired) electrons. The first-order valence-corrected chi connectivity index (χ1v) is 7.98. The maximum atomic E-state index is 12.5. The molecule has 6 heteroatoms. The van der Waals surface area contributed by atoms with Crippen LogP contribution in [0.5, 0.6) is 11.5 Å². The fourth-order valence-corrected chi connectivity index (χ4v) is 3.01. The number of benzene rings is 1. The zero-order chi connectivity index (χ0) is 15.6. The molecule has 2 aliphatic heterocycles. The van der Waals surface area contributed by atoms with Crippen LogP contribution < -0.4 is 20.1 Å². The van der Waals surface area contributed by atoms with Crippen molar-refractivity contribution >= 4 is 18.3 Å². The average Bonchev–Trinajstić information content (AvgIpc) is 2.53. The summed E-state index contributed by atoms with van der Waals surface area (Å²) in [7, 11) is 0. The number of para-hydroxylation sites is 2. The van der Waals surface area contributed by atoms with Crippen molar-refractivity contribution in [1.29, 1.82) is 0 Å². The first-order chi connectivity index (χ1) is 10.6. The number of hydrogen-bond donors (Lipinski definition) is 2. The van der Waals surface area contributed by atoms with Gasteiger partial charge in [0.05, 0.1) is 0 Å². The predicted octanol–water partition coefficient (Wildman–Crippen LogP) is 2.14. The highest BCUT2D eigenvalue weighted by Gasteiger charge is 2.35. The number of rotatable bonds is 3. The number of carbonyl (C=O) groups excluding carboxylic acids is 1. The highest BCUT2D eigenvalue weighted by molar-refractivity contribution is 5.85. The van der Waals surface area contributed by atoms with E-state index in [2.05, 4.69) is 17.6 Å². The summed E-state index contributed by atoms with van der Waals surface area (Å²) in [5.74, 6) is 1.24. The maximum Gasteiger partial charge on any atom is 0.265 e. The van der Waals surface area contributed by atoms with Crippen LogP contribution in [0.2, 0.25) is 0 Å². The molecule has 0 bridgehead atoms. The zero-order valence-electron chi connectivity index (χ0n) is 13.6. The van der Waals surface area contributed by atoms with Gasteiger partial charge in [-0.1, -0.05) is 19.1 Å². The van der Waals surface area contributed by atoms with Crippen molar-refractivity contribution in [3.8, 4) is 11.5 Å². The number of piperidine rings is 1. The summed E-state index contributed by atoms with van der Waals surface area (Å²) < 4.78 is 11.6. The van der Waals surface area contributed by atoms with E-state index in [-0.39, 0.29) is 29.8 Å². The molecular weight excluding hydrogens is 316 g/mol. The van der Waals surface area contributed by atoms with Gasteiger partial charge in [-0.3, -0.25) is 4.79 Å². The number of ether oxygens (including phenoxy) is 2. The maximum absolute atomic E-state index is 12.5. The van der Waals surface area contributed by atoms with Gasteiger partial charge in [0, 0.05) is 6.54 Å². The summed E-state index contributed by atoms with van der Waals surface area (Å²) in [5.41, 5.74) is 0.164. The lowest BCUT2D eigenvalue weighted by atomic mass is 9.81. The molecule has 2 unspecified atom stereocenters. The first-order valence-electron chi connectivity index (χ1n) is 7.98. The molecule has 23 heavy (non-hydrogen) atoms. The fraction of sp³-hybridized carbons (Fsp3) is 0.588. The molecule has 5 nitrogen and oxygen atoms in total. The van der Waals surface area contributed by atoms with Gasteiger partial charge in [-0.05, 0) is 50.4 Å². The Morgan fingerprint density at radius 1 is 1.26 bits per heavy atom. The Bertz CT molecular complexity index is 546. The molecule has 2 aliphatic rings. The van der Waals surface area contributed by atoms with Gasteiger partial charge >= 0.3 is 0 Å². The molecule has 1 aromatic rings. The minimum absolute atomic E-state index is 0. The van der Waals surface area contributed by atoms with Gasteiger partial charge in [0.15, 0.2) is 11.5 Å². The van der Waals surface area contributed by atoms with Crippen LogP contribution in [-0.4, -0.2) is 37.7 Å². The van der Waals surface area contributed by atoms with Crippen molar-refractivity contribution in [3.63, 3.8) is 0 Å². The zero-order valence-corrected chi connectivity index (χ0v) is 14.4. The van der Waals surface area contributed by atoms with Gasteiger partial charge in [-0.25, -0.2) is 0 Å². The highest BCUT2D eigenvalue weighted by Crippen LogP contribution is 2.33. The van der Waals surface area contributed by atoms with Crippen LogP contribution >= 0.6 is 12.4 Å². The lowest BCUT2D eigenvalue weighted by molar-refractivity contribution is -0.134. The summed E-state index contributed by atoms with van der Waals surface area (Å²) >= 11 is 0. The number of hydrogen-bond acceptors (Lipinski definition) is 4. The van der Waals surface area contributed by atoms with Crippen molar-refractivity contribution in [3.05, 3.63) is 24.3 Å². The third-order valence-electron chi connectivity index (χ3n) is 4.60. The average molecular weight is 341 g/mol. The van der Waals surface area contributed by atoms with Crippen LogP contribution in [0.4, 0.5) is 0 Å². The minimum atomic E-state index is -0.597. The molecule has 1 aromatic carbocycles. The van der Waals surface area contributed by atoms with Gasteiger partial charge in [-0.2, -0.15) is 0 Å². The third-order valence-corrected chi connectivity index (χ3v) is 4.60.